The molecule has 1 fully saturated rings. The highest BCUT2D eigenvalue weighted by atomic mass is 32.2. The summed E-state index contributed by atoms with van der Waals surface area (Å²) in [7, 11) is -3.74. The lowest BCUT2D eigenvalue weighted by molar-refractivity contribution is -0.123. The van der Waals surface area contributed by atoms with Crippen LogP contribution in [0.2, 0.25) is 0 Å². The highest BCUT2D eigenvalue weighted by Gasteiger charge is 2.26. The lowest BCUT2D eigenvalue weighted by atomic mass is 10.2. The standard InChI is InChI=1S/C18H29N3O4S2/c1-15(21-9-11-25-12-10-21)14-19-18(22)17(8-13-26-2)20-27(23,24)16-6-4-3-5-7-16/h3-7,15,17,20H,8-14H2,1-2H3,(H,19,22). The van der Waals surface area contributed by atoms with Crippen molar-refractivity contribution in [3.8, 4) is 0 Å². The fourth-order valence-electron chi connectivity index (χ4n) is 2.85. The van der Waals surface area contributed by atoms with E-state index in [0.29, 0.717) is 31.9 Å². The van der Waals surface area contributed by atoms with Crippen molar-refractivity contribution in [1.29, 1.82) is 0 Å². The molecular formula is C18H29N3O4S2. The van der Waals surface area contributed by atoms with Crippen molar-refractivity contribution in [3.63, 3.8) is 0 Å². The van der Waals surface area contributed by atoms with Crippen molar-refractivity contribution >= 4 is 27.7 Å². The molecule has 2 unspecified atom stereocenters. The van der Waals surface area contributed by atoms with Gasteiger partial charge >= 0.3 is 0 Å². The number of carbonyl (C=O) groups is 1. The molecule has 2 N–H and O–H groups in total. The predicted octanol–water partition coefficient (Wildman–Crippen LogP) is 0.924. The number of rotatable bonds is 10. The number of benzene rings is 1. The van der Waals surface area contributed by atoms with Gasteiger partial charge < -0.3 is 10.1 Å². The molecule has 1 aromatic rings. The Balaban J connectivity index is 1.96. The van der Waals surface area contributed by atoms with Gasteiger partial charge in [0.15, 0.2) is 0 Å². The van der Waals surface area contributed by atoms with Crippen LogP contribution in [0.1, 0.15) is 13.3 Å². The molecule has 1 aromatic carbocycles. The summed E-state index contributed by atoms with van der Waals surface area (Å²) in [6.07, 6.45) is 2.37. The van der Waals surface area contributed by atoms with Crippen LogP contribution in [0.25, 0.3) is 0 Å². The third-order valence-electron chi connectivity index (χ3n) is 4.52. The predicted molar refractivity (Wildman–Crippen MR) is 108 cm³/mol. The molecule has 1 aliphatic heterocycles. The molecule has 0 saturated carbocycles. The third kappa shape index (κ3) is 7.08. The molecular weight excluding hydrogens is 386 g/mol. The van der Waals surface area contributed by atoms with Crippen molar-refractivity contribution in [1.82, 2.24) is 14.9 Å². The zero-order valence-corrected chi connectivity index (χ0v) is 17.5. The van der Waals surface area contributed by atoms with Crippen LogP contribution in [0, 0.1) is 0 Å². The molecule has 1 amide bonds. The van der Waals surface area contributed by atoms with Crippen LogP contribution in [-0.4, -0.2) is 76.2 Å². The Hall–Kier alpha value is -1.13. The smallest absolute Gasteiger partial charge is 0.241 e. The van der Waals surface area contributed by atoms with Crippen molar-refractivity contribution in [2.75, 3.05) is 44.9 Å². The van der Waals surface area contributed by atoms with Crippen molar-refractivity contribution in [2.45, 2.75) is 30.3 Å². The normalized spacial score (nSPS) is 18.0. The molecule has 27 heavy (non-hydrogen) atoms. The Labute approximate surface area is 166 Å². The van der Waals surface area contributed by atoms with E-state index in [-0.39, 0.29) is 16.8 Å². The van der Waals surface area contributed by atoms with Gasteiger partial charge in [-0.25, -0.2) is 8.42 Å². The average Bonchev–Trinajstić information content (AvgIpc) is 2.70. The first-order valence-corrected chi connectivity index (χ1v) is 12.0. The first-order valence-electron chi connectivity index (χ1n) is 9.10. The Kier molecular flexibility index (Phi) is 9.04. The third-order valence-corrected chi connectivity index (χ3v) is 6.65. The number of morpholine rings is 1. The SMILES string of the molecule is CSCCC(NS(=O)(=O)c1ccccc1)C(=O)NCC(C)N1CCOCC1. The summed E-state index contributed by atoms with van der Waals surface area (Å²) in [5.74, 6) is 0.401. The van der Waals surface area contributed by atoms with Crippen LogP contribution in [0.5, 0.6) is 0 Å². The van der Waals surface area contributed by atoms with Crippen molar-refractivity contribution in [3.05, 3.63) is 30.3 Å². The second kappa shape index (κ2) is 11.0. The monoisotopic (exact) mass is 415 g/mol. The summed E-state index contributed by atoms with van der Waals surface area (Å²) in [4.78, 5) is 15.1. The van der Waals surface area contributed by atoms with Crippen molar-refractivity contribution < 1.29 is 17.9 Å². The van der Waals surface area contributed by atoms with Gasteiger partial charge in [-0.05, 0) is 37.5 Å². The number of amides is 1. The lowest BCUT2D eigenvalue weighted by Crippen LogP contribution is -2.51. The minimum atomic E-state index is -3.74. The largest absolute Gasteiger partial charge is 0.379 e. The summed E-state index contributed by atoms with van der Waals surface area (Å²) >= 11 is 1.58. The number of nitrogens with one attached hydrogen (secondary N) is 2. The van der Waals surface area contributed by atoms with Gasteiger partial charge in [0.25, 0.3) is 0 Å². The van der Waals surface area contributed by atoms with E-state index in [1.54, 1.807) is 30.0 Å². The second-order valence-electron chi connectivity index (χ2n) is 6.51. The molecule has 1 aliphatic rings. The number of ether oxygens (including phenoxy) is 1. The maximum atomic E-state index is 12.7. The van der Waals surface area contributed by atoms with E-state index in [9.17, 15) is 13.2 Å². The van der Waals surface area contributed by atoms with Crippen LogP contribution < -0.4 is 10.0 Å². The molecule has 0 aliphatic carbocycles. The van der Waals surface area contributed by atoms with E-state index < -0.39 is 16.1 Å². The summed E-state index contributed by atoms with van der Waals surface area (Å²) in [6.45, 7) is 5.61. The maximum Gasteiger partial charge on any atom is 0.241 e. The highest BCUT2D eigenvalue weighted by molar-refractivity contribution is 7.98. The van der Waals surface area contributed by atoms with Crippen LogP contribution in [0.15, 0.2) is 35.2 Å². The van der Waals surface area contributed by atoms with Gasteiger partial charge in [0.05, 0.1) is 18.1 Å². The van der Waals surface area contributed by atoms with E-state index in [0.717, 1.165) is 13.1 Å². The minimum absolute atomic E-state index is 0.161. The molecule has 2 rings (SSSR count). The molecule has 1 saturated heterocycles. The Morgan fingerprint density at radius 2 is 1.93 bits per heavy atom. The van der Waals surface area contributed by atoms with E-state index in [4.69, 9.17) is 4.74 Å². The van der Waals surface area contributed by atoms with Gasteiger partial charge in [0.1, 0.15) is 6.04 Å². The molecule has 7 nitrogen and oxygen atoms in total. The number of sulfonamides is 1. The van der Waals surface area contributed by atoms with Crippen LogP contribution >= 0.6 is 11.8 Å². The quantitative estimate of drug-likeness (QED) is 0.591. The van der Waals surface area contributed by atoms with E-state index in [1.165, 1.54) is 12.1 Å². The number of thioether (sulfide) groups is 1. The van der Waals surface area contributed by atoms with Gasteiger partial charge in [-0.2, -0.15) is 16.5 Å². The first-order chi connectivity index (χ1) is 12.9. The molecule has 0 spiro atoms. The molecule has 0 bridgehead atoms. The Morgan fingerprint density at radius 1 is 1.26 bits per heavy atom. The van der Waals surface area contributed by atoms with Crippen LogP contribution in [0.4, 0.5) is 0 Å². The summed E-state index contributed by atoms with van der Waals surface area (Å²) < 4.78 is 33.1. The number of carbonyl (C=O) groups excluding carboxylic acids is 1. The number of nitrogens with zero attached hydrogens (tertiary/aromatic N) is 1. The second-order valence-corrected chi connectivity index (χ2v) is 9.21. The highest BCUT2D eigenvalue weighted by Crippen LogP contribution is 2.11. The molecule has 152 valence electrons. The zero-order valence-electron chi connectivity index (χ0n) is 15.9. The topological polar surface area (TPSA) is 87.7 Å². The number of hydrogen-bond donors (Lipinski definition) is 2. The maximum absolute atomic E-state index is 12.7. The number of hydrogen-bond acceptors (Lipinski definition) is 6. The average molecular weight is 416 g/mol. The van der Waals surface area contributed by atoms with Gasteiger partial charge in [0, 0.05) is 25.7 Å². The van der Waals surface area contributed by atoms with Gasteiger partial charge in [-0.3, -0.25) is 9.69 Å². The van der Waals surface area contributed by atoms with Crippen LogP contribution in [0.3, 0.4) is 0 Å². The minimum Gasteiger partial charge on any atom is -0.379 e. The van der Waals surface area contributed by atoms with Gasteiger partial charge in [0.2, 0.25) is 15.9 Å². The fourth-order valence-corrected chi connectivity index (χ4v) is 4.58. The Morgan fingerprint density at radius 3 is 2.56 bits per heavy atom. The van der Waals surface area contributed by atoms with Gasteiger partial charge in [-0.1, -0.05) is 18.2 Å². The first kappa shape index (κ1) is 22.2. The molecule has 1 heterocycles. The molecule has 9 heteroatoms. The van der Waals surface area contributed by atoms with Gasteiger partial charge in [-0.15, -0.1) is 0 Å². The van der Waals surface area contributed by atoms with E-state index >= 15 is 0 Å². The van der Waals surface area contributed by atoms with Crippen molar-refractivity contribution in [2.24, 2.45) is 0 Å². The fraction of sp³-hybridized carbons (Fsp3) is 0.611. The Bertz CT molecular complexity index is 679. The lowest BCUT2D eigenvalue weighted by Gasteiger charge is -2.32. The molecule has 2 atom stereocenters. The van der Waals surface area contributed by atoms with Crippen LogP contribution in [-0.2, 0) is 19.6 Å². The summed E-state index contributed by atoms with van der Waals surface area (Å²) in [6, 6.07) is 7.50. The summed E-state index contributed by atoms with van der Waals surface area (Å²) in [5.41, 5.74) is 0. The van der Waals surface area contributed by atoms with E-state index in [2.05, 4.69) is 21.9 Å². The van der Waals surface area contributed by atoms with E-state index in [1.807, 2.05) is 6.26 Å². The zero-order chi connectivity index (χ0) is 19.7. The summed E-state index contributed by atoms with van der Waals surface area (Å²) in [5, 5.41) is 2.91. The molecule has 0 aromatic heterocycles. The molecule has 0 radical (unpaired) electrons.